The lowest BCUT2D eigenvalue weighted by atomic mass is 10.0. The number of benzene rings is 1. The van der Waals surface area contributed by atoms with Crippen molar-refractivity contribution >= 4 is 11.0 Å². The molecule has 0 fully saturated rings. The Morgan fingerprint density at radius 2 is 1.95 bits per heavy atom. The Morgan fingerprint density at radius 1 is 1.20 bits per heavy atom. The molecule has 1 unspecified atom stereocenters. The highest BCUT2D eigenvalue weighted by Gasteiger charge is 2.14. The summed E-state index contributed by atoms with van der Waals surface area (Å²) in [5.41, 5.74) is 9.74. The minimum atomic E-state index is -0.0217. The van der Waals surface area contributed by atoms with Crippen LogP contribution in [0.25, 0.3) is 11.0 Å². The molecule has 0 amide bonds. The van der Waals surface area contributed by atoms with Crippen molar-refractivity contribution in [3.63, 3.8) is 0 Å². The number of rotatable bonds is 6. The van der Waals surface area contributed by atoms with E-state index in [2.05, 4.69) is 43.5 Å². The van der Waals surface area contributed by atoms with Crippen LogP contribution in [0.4, 0.5) is 0 Å². The zero-order chi connectivity index (χ0) is 14.7. The molecule has 20 heavy (non-hydrogen) atoms. The number of aromatic nitrogens is 2. The van der Waals surface area contributed by atoms with Crippen LogP contribution >= 0.6 is 0 Å². The molecule has 1 aromatic heterocycles. The first kappa shape index (κ1) is 15.0. The van der Waals surface area contributed by atoms with E-state index < -0.39 is 0 Å². The molecule has 2 rings (SSSR count). The minimum Gasteiger partial charge on any atom is -0.327 e. The Kier molecular flexibility index (Phi) is 4.81. The molecule has 0 bridgehead atoms. The van der Waals surface area contributed by atoms with E-state index in [1.54, 1.807) is 0 Å². The summed E-state index contributed by atoms with van der Waals surface area (Å²) >= 11 is 0. The standard InChI is InChI=1S/C17H27N3/c1-5-6-7-10-20-16-9-8-14(12(2)3)11-15(16)19-17(20)13(4)18/h8-9,11-13H,5-7,10,18H2,1-4H3. The molecule has 2 aromatic rings. The molecule has 0 aliphatic carbocycles. The quantitative estimate of drug-likeness (QED) is 0.794. The summed E-state index contributed by atoms with van der Waals surface area (Å²) in [4.78, 5) is 4.77. The molecule has 0 saturated carbocycles. The van der Waals surface area contributed by atoms with Gasteiger partial charge in [-0.05, 0) is 37.0 Å². The third-order valence-corrected chi connectivity index (χ3v) is 3.86. The fourth-order valence-corrected chi connectivity index (χ4v) is 2.63. The molecule has 0 aliphatic rings. The molecule has 0 aliphatic heterocycles. The van der Waals surface area contributed by atoms with Gasteiger partial charge in [0, 0.05) is 6.54 Å². The van der Waals surface area contributed by atoms with Crippen molar-refractivity contribution in [2.24, 2.45) is 5.73 Å². The third kappa shape index (κ3) is 3.04. The van der Waals surface area contributed by atoms with Gasteiger partial charge >= 0.3 is 0 Å². The van der Waals surface area contributed by atoms with E-state index in [1.807, 2.05) is 6.92 Å². The number of aryl methyl sites for hydroxylation is 1. The fourth-order valence-electron chi connectivity index (χ4n) is 2.63. The molecule has 0 radical (unpaired) electrons. The maximum Gasteiger partial charge on any atom is 0.126 e. The first-order valence-electron chi connectivity index (χ1n) is 7.80. The van der Waals surface area contributed by atoms with Gasteiger partial charge in [-0.25, -0.2) is 4.98 Å². The van der Waals surface area contributed by atoms with E-state index in [4.69, 9.17) is 10.7 Å². The smallest absolute Gasteiger partial charge is 0.126 e. The number of nitrogens with two attached hydrogens (primary N) is 1. The summed E-state index contributed by atoms with van der Waals surface area (Å²) in [6.45, 7) is 9.69. The van der Waals surface area contributed by atoms with Crippen LogP contribution in [0.1, 0.15) is 70.3 Å². The SMILES string of the molecule is CCCCCn1c(C(C)N)nc2cc(C(C)C)ccc21. The number of hydrogen-bond acceptors (Lipinski definition) is 2. The maximum atomic E-state index is 6.10. The van der Waals surface area contributed by atoms with Gasteiger partial charge in [0.25, 0.3) is 0 Å². The lowest BCUT2D eigenvalue weighted by Crippen LogP contribution is -2.13. The molecule has 3 heteroatoms. The highest BCUT2D eigenvalue weighted by Crippen LogP contribution is 2.24. The first-order valence-corrected chi connectivity index (χ1v) is 7.80. The van der Waals surface area contributed by atoms with Crippen LogP contribution < -0.4 is 5.73 Å². The minimum absolute atomic E-state index is 0.0217. The van der Waals surface area contributed by atoms with Gasteiger partial charge in [-0.3, -0.25) is 0 Å². The zero-order valence-corrected chi connectivity index (χ0v) is 13.2. The normalized spacial score (nSPS) is 13.3. The number of unbranched alkanes of at least 4 members (excludes halogenated alkanes) is 2. The van der Waals surface area contributed by atoms with Crippen molar-refractivity contribution in [1.29, 1.82) is 0 Å². The fraction of sp³-hybridized carbons (Fsp3) is 0.588. The predicted octanol–water partition coefficient (Wildman–Crippen LogP) is 4.37. The second-order valence-corrected chi connectivity index (χ2v) is 6.02. The Morgan fingerprint density at radius 3 is 2.55 bits per heavy atom. The van der Waals surface area contributed by atoms with Crippen LogP contribution in [0.2, 0.25) is 0 Å². The number of nitrogens with zero attached hydrogens (tertiary/aromatic N) is 2. The van der Waals surface area contributed by atoms with Gasteiger partial charge in [-0.1, -0.05) is 39.7 Å². The van der Waals surface area contributed by atoms with E-state index >= 15 is 0 Å². The topological polar surface area (TPSA) is 43.8 Å². The van der Waals surface area contributed by atoms with Gasteiger partial charge < -0.3 is 10.3 Å². The highest BCUT2D eigenvalue weighted by molar-refractivity contribution is 5.77. The summed E-state index contributed by atoms with van der Waals surface area (Å²) in [5, 5.41) is 0. The summed E-state index contributed by atoms with van der Waals surface area (Å²) in [7, 11) is 0. The monoisotopic (exact) mass is 273 g/mol. The molecule has 110 valence electrons. The first-order chi connectivity index (χ1) is 9.54. The van der Waals surface area contributed by atoms with Gasteiger partial charge in [0.05, 0.1) is 17.1 Å². The van der Waals surface area contributed by atoms with Crippen LogP contribution in [0, 0.1) is 0 Å². The lowest BCUT2D eigenvalue weighted by molar-refractivity contribution is 0.570. The second-order valence-electron chi connectivity index (χ2n) is 6.02. The Hall–Kier alpha value is -1.35. The number of imidazole rings is 1. The molecule has 3 nitrogen and oxygen atoms in total. The number of hydrogen-bond donors (Lipinski definition) is 1. The van der Waals surface area contributed by atoms with Crippen molar-refractivity contribution in [3.8, 4) is 0 Å². The molecule has 1 atom stereocenters. The summed E-state index contributed by atoms with van der Waals surface area (Å²) < 4.78 is 2.31. The molecule has 0 saturated heterocycles. The Balaban J connectivity index is 2.43. The van der Waals surface area contributed by atoms with Crippen molar-refractivity contribution in [1.82, 2.24) is 9.55 Å². The van der Waals surface area contributed by atoms with Gasteiger partial charge in [0.15, 0.2) is 0 Å². The summed E-state index contributed by atoms with van der Waals surface area (Å²) in [5.74, 6) is 1.54. The summed E-state index contributed by atoms with van der Waals surface area (Å²) in [6, 6.07) is 6.61. The molecule has 0 spiro atoms. The van der Waals surface area contributed by atoms with Crippen molar-refractivity contribution in [3.05, 3.63) is 29.6 Å². The molecule has 2 N–H and O–H groups in total. The molecule has 1 heterocycles. The van der Waals surface area contributed by atoms with E-state index in [0.717, 1.165) is 17.9 Å². The highest BCUT2D eigenvalue weighted by atomic mass is 15.1. The average Bonchev–Trinajstić information content (AvgIpc) is 2.77. The van der Waals surface area contributed by atoms with E-state index in [9.17, 15) is 0 Å². The number of fused-ring (bicyclic) bond motifs is 1. The largest absolute Gasteiger partial charge is 0.327 e. The van der Waals surface area contributed by atoms with E-state index in [1.165, 1.54) is 30.3 Å². The van der Waals surface area contributed by atoms with Crippen LogP contribution in [0.15, 0.2) is 18.2 Å². The van der Waals surface area contributed by atoms with E-state index in [0.29, 0.717) is 5.92 Å². The van der Waals surface area contributed by atoms with E-state index in [-0.39, 0.29) is 6.04 Å². The van der Waals surface area contributed by atoms with Gasteiger partial charge in [0.1, 0.15) is 5.82 Å². The van der Waals surface area contributed by atoms with Gasteiger partial charge in [0.2, 0.25) is 0 Å². The maximum absolute atomic E-state index is 6.10. The Bertz CT molecular complexity index is 567. The van der Waals surface area contributed by atoms with Crippen molar-refractivity contribution in [2.45, 2.75) is 65.5 Å². The van der Waals surface area contributed by atoms with Crippen LogP contribution in [-0.4, -0.2) is 9.55 Å². The average molecular weight is 273 g/mol. The van der Waals surface area contributed by atoms with Gasteiger partial charge in [-0.2, -0.15) is 0 Å². The van der Waals surface area contributed by atoms with Crippen molar-refractivity contribution in [2.75, 3.05) is 0 Å². The van der Waals surface area contributed by atoms with Crippen LogP contribution in [0.5, 0.6) is 0 Å². The summed E-state index contributed by atoms with van der Waals surface area (Å²) in [6.07, 6.45) is 3.67. The van der Waals surface area contributed by atoms with Crippen LogP contribution in [0.3, 0.4) is 0 Å². The molecular formula is C17H27N3. The lowest BCUT2D eigenvalue weighted by Gasteiger charge is -2.11. The molecule has 1 aromatic carbocycles. The van der Waals surface area contributed by atoms with Crippen molar-refractivity contribution < 1.29 is 0 Å². The second kappa shape index (κ2) is 6.40. The zero-order valence-electron chi connectivity index (χ0n) is 13.2. The Labute approximate surface area is 122 Å². The van der Waals surface area contributed by atoms with Gasteiger partial charge in [-0.15, -0.1) is 0 Å². The third-order valence-electron chi connectivity index (χ3n) is 3.86. The molecular weight excluding hydrogens is 246 g/mol. The van der Waals surface area contributed by atoms with Crippen LogP contribution in [-0.2, 0) is 6.54 Å². The predicted molar refractivity (Wildman–Crippen MR) is 85.9 cm³/mol.